The Labute approximate surface area is 160 Å². The predicted molar refractivity (Wildman–Crippen MR) is 108 cm³/mol. The summed E-state index contributed by atoms with van der Waals surface area (Å²) in [5.74, 6) is 0.573. The van der Waals surface area contributed by atoms with Gasteiger partial charge in [-0.05, 0) is 42.3 Å². The van der Waals surface area contributed by atoms with Gasteiger partial charge in [0.05, 0.1) is 16.6 Å². The summed E-state index contributed by atoms with van der Waals surface area (Å²) in [4.78, 5) is 13.7. The number of fused-ring (bicyclic) bond motifs is 3. The first kappa shape index (κ1) is 16.0. The molecule has 0 N–H and O–H groups in total. The Balaban J connectivity index is 1.83. The van der Waals surface area contributed by atoms with Crippen molar-refractivity contribution in [3.63, 3.8) is 0 Å². The molecule has 0 spiro atoms. The number of allylic oxidation sites excluding steroid dienone is 6. The van der Waals surface area contributed by atoms with E-state index in [0.717, 1.165) is 39.7 Å². The molecule has 0 amide bonds. The van der Waals surface area contributed by atoms with Crippen LogP contribution in [-0.2, 0) is 0 Å². The third-order valence-corrected chi connectivity index (χ3v) is 4.64. The van der Waals surface area contributed by atoms with E-state index in [0.29, 0.717) is 11.5 Å². The van der Waals surface area contributed by atoms with Crippen LogP contribution in [0.2, 0.25) is 5.28 Å². The Morgan fingerprint density at radius 3 is 2.70 bits per heavy atom. The first-order valence-electron chi connectivity index (χ1n) is 8.65. The van der Waals surface area contributed by atoms with Crippen molar-refractivity contribution >= 4 is 39.2 Å². The molecule has 27 heavy (non-hydrogen) atoms. The van der Waals surface area contributed by atoms with Gasteiger partial charge < -0.3 is 4.42 Å². The van der Waals surface area contributed by atoms with Gasteiger partial charge in [-0.25, -0.2) is 15.0 Å². The zero-order chi connectivity index (χ0) is 18.2. The van der Waals surface area contributed by atoms with Crippen molar-refractivity contribution in [2.75, 3.05) is 0 Å². The Morgan fingerprint density at radius 1 is 0.926 bits per heavy atom. The number of nitrogens with zero attached hydrogens (tertiary/aromatic N) is 3. The molecule has 5 rings (SSSR count). The maximum absolute atomic E-state index is 6.20. The summed E-state index contributed by atoms with van der Waals surface area (Å²) in [7, 11) is 0. The number of hydrogen-bond donors (Lipinski definition) is 0. The third-order valence-electron chi connectivity index (χ3n) is 4.47. The smallest absolute Gasteiger partial charge is 0.227 e. The SMILES string of the molecule is Clc1nc(C2=CC=CCC=C2)c2c(ccc3oc(-c4ccccc4)nc32)n1. The van der Waals surface area contributed by atoms with E-state index < -0.39 is 0 Å². The van der Waals surface area contributed by atoms with E-state index in [1.54, 1.807) is 0 Å². The van der Waals surface area contributed by atoms with Crippen molar-refractivity contribution in [3.05, 3.63) is 83.8 Å². The second-order valence-corrected chi connectivity index (χ2v) is 6.56. The van der Waals surface area contributed by atoms with Crippen molar-refractivity contribution in [3.8, 4) is 11.5 Å². The van der Waals surface area contributed by atoms with E-state index in [1.807, 2.05) is 54.6 Å². The summed E-state index contributed by atoms with van der Waals surface area (Å²) in [5.41, 5.74) is 4.83. The molecule has 0 radical (unpaired) electrons. The van der Waals surface area contributed by atoms with Crippen molar-refractivity contribution < 1.29 is 4.42 Å². The van der Waals surface area contributed by atoms with Gasteiger partial charge in [0, 0.05) is 11.1 Å². The molecule has 0 saturated carbocycles. The van der Waals surface area contributed by atoms with Gasteiger partial charge in [-0.3, -0.25) is 0 Å². The largest absolute Gasteiger partial charge is 0.436 e. The number of halogens is 1. The summed E-state index contributed by atoms with van der Waals surface area (Å²) in [6.07, 6.45) is 11.2. The summed E-state index contributed by atoms with van der Waals surface area (Å²) in [5, 5.41) is 1.06. The molecule has 4 aromatic rings. The molecule has 1 aliphatic rings. The Morgan fingerprint density at radius 2 is 1.81 bits per heavy atom. The number of hydrogen-bond acceptors (Lipinski definition) is 4. The van der Waals surface area contributed by atoms with Crippen molar-refractivity contribution in [1.82, 2.24) is 15.0 Å². The van der Waals surface area contributed by atoms with Crippen molar-refractivity contribution in [2.45, 2.75) is 6.42 Å². The maximum atomic E-state index is 6.20. The minimum atomic E-state index is 0.214. The highest BCUT2D eigenvalue weighted by atomic mass is 35.5. The van der Waals surface area contributed by atoms with Crippen LogP contribution < -0.4 is 0 Å². The normalized spacial score (nSPS) is 13.9. The highest BCUT2D eigenvalue weighted by Gasteiger charge is 2.17. The van der Waals surface area contributed by atoms with Crippen LogP contribution in [-0.4, -0.2) is 15.0 Å². The fraction of sp³-hybridized carbons (Fsp3) is 0.0455. The predicted octanol–water partition coefficient (Wildman–Crippen LogP) is 5.99. The molecular weight excluding hydrogens is 358 g/mol. The average molecular weight is 372 g/mol. The molecule has 0 aliphatic heterocycles. The van der Waals surface area contributed by atoms with Gasteiger partial charge in [-0.2, -0.15) is 0 Å². The second kappa shape index (κ2) is 6.49. The van der Waals surface area contributed by atoms with Gasteiger partial charge >= 0.3 is 0 Å². The highest BCUT2D eigenvalue weighted by molar-refractivity contribution is 6.29. The van der Waals surface area contributed by atoms with Crippen LogP contribution in [0.15, 0.2) is 77.3 Å². The van der Waals surface area contributed by atoms with Gasteiger partial charge in [-0.1, -0.05) is 48.6 Å². The Kier molecular flexibility index (Phi) is 3.84. The van der Waals surface area contributed by atoms with Crippen molar-refractivity contribution in [2.24, 2.45) is 0 Å². The molecule has 4 nitrogen and oxygen atoms in total. The summed E-state index contributed by atoms with van der Waals surface area (Å²) in [6.45, 7) is 0. The minimum Gasteiger partial charge on any atom is -0.436 e. The lowest BCUT2D eigenvalue weighted by molar-refractivity contribution is 0.620. The highest BCUT2D eigenvalue weighted by Crippen LogP contribution is 2.34. The van der Waals surface area contributed by atoms with E-state index in [4.69, 9.17) is 21.0 Å². The average Bonchev–Trinajstić information content (AvgIpc) is 2.95. The van der Waals surface area contributed by atoms with Crippen LogP contribution in [0.25, 0.3) is 39.0 Å². The Bertz CT molecular complexity index is 1250. The lowest BCUT2D eigenvalue weighted by Crippen LogP contribution is -1.95. The maximum Gasteiger partial charge on any atom is 0.227 e. The molecule has 0 fully saturated rings. The van der Waals surface area contributed by atoms with Gasteiger partial charge in [0.25, 0.3) is 0 Å². The summed E-state index contributed by atoms with van der Waals surface area (Å²) < 4.78 is 6.01. The quantitative estimate of drug-likeness (QED) is 0.406. The first-order valence-corrected chi connectivity index (χ1v) is 9.03. The molecule has 130 valence electrons. The molecule has 0 unspecified atom stereocenters. The van der Waals surface area contributed by atoms with Crippen LogP contribution in [0.5, 0.6) is 0 Å². The lowest BCUT2D eigenvalue weighted by Gasteiger charge is -2.07. The third kappa shape index (κ3) is 2.84. The van der Waals surface area contributed by atoms with Crippen LogP contribution in [0.4, 0.5) is 0 Å². The van der Waals surface area contributed by atoms with E-state index >= 15 is 0 Å². The molecule has 0 bridgehead atoms. The molecule has 2 heterocycles. The number of oxazole rings is 1. The van der Waals surface area contributed by atoms with E-state index in [2.05, 4.69) is 28.2 Å². The van der Waals surface area contributed by atoms with Crippen LogP contribution in [0.1, 0.15) is 12.1 Å². The molecule has 1 aliphatic carbocycles. The zero-order valence-electron chi connectivity index (χ0n) is 14.3. The summed E-state index contributed by atoms with van der Waals surface area (Å²) >= 11 is 6.20. The van der Waals surface area contributed by atoms with E-state index in [9.17, 15) is 0 Å². The molecule has 5 heteroatoms. The molecule has 0 atom stereocenters. The van der Waals surface area contributed by atoms with E-state index in [-0.39, 0.29) is 5.28 Å². The monoisotopic (exact) mass is 371 g/mol. The Hall–Kier alpha value is -3.24. The molecular formula is C22H14ClN3O. The number of aromatic nitrogens is 3. The number of benzene rings is 2. The second-order valence-electron chi connectivity index (χ2n) is 6.22. The van der Waals surface area contributed by atoms with Gasteiger partial charge in [-0.15, -0.1) is 0 Å². The number of rotatable bonds is 2. The minimum absolute atomic E-state index is 0.214. The van der Waals surface area contributed by atoms with Gasteiger partial charge in [0.2, 0.25) is 11.2 Å². The lowest BCUT2D eigenvalue weighted by atomic mass is 10.0. The standard InChI is InChI=1S/C22H14ClN3O/c23-22-24-16-12-13-17-20(25-21(27-17)15-10-6-3-7-11-15)18(16)19(26-22)14-8-4-1-2-5-9-14/h1,3-13H,2H2. The molecule has 0 saturated heterocycles. The van der Waals surface area contributed by atoms with Crippen LogP contribution in [0, 0.1) is 0 Å². The van der Waals surface area contributed by atoms with E-state index in [1.165, 1.54) is 0 Å². The molecule has 2 aromatic carbocycles. The fourth-order valence-electron chi connectivity index (χ4n) is 3.23. The topological polar surface area (TPSA) is 51.8 Å². The van der Waals surface area contributed by atoms with Gasteiger partial charge in [0.15, 0.2) is 5.58 Å². The zero-order valence-corrected chi connectivity index (χ0v) is 15.0. The molecule has 2 aromatic heterocycles. The van der Waals surface area contributed by atoms with Crippen LogP contribution in [0.3, 0.4) is 0 Å². The summed E-state index contributed by atoms with van der Waals surface area (Å²) in [6, 6.07) is 13.6. The van der Waals surface area contributed by atoms with Gasteiger partial charge in [0.1, 0.15) is 5.52 Å². The first-order chi connectivity index (χ1) is 13.3. The van der Waals surface area contributed by atoms with Crippen molar-refractivity contribution in [1.29, 1.82) is 0 Å². The van der Waals surface area contributed by atoms with Crippen LogP contribution >= 0.6 is 11.6 Å². The fourth-order valence-corrected chi connectivity index (χ4v) is 3.41.